The van der Waals surface area contributed by atoms with E-state index in [1.165, 1.54) is 0 Å². The van der Waals surface area contributed by atoms with Gasteiger partial charge < -0.3 is 14.2 Å². The molecule has 3 aromatic rings. The van der Waals surface area contributed by atoms with Gasteiger partial charge in [0.2, 0.25) is 0 Å². The number of oxazole rings is 1. The first-order chi connectivity index (χ1) is 14.1. The monoisotopic (exact) mass is 432 g/mol. The first-order valence-electron chi connectivity index (χ1n) is 9.94. The van der Waals surface area contributed by atoms with Crippen molar-refractivity contribution in [1.82, 2.24) is 10.3 Å². The molecule has 2 aromatic heterocycles. The molecule has 8 heteroatoms. The summed E-state index contributed by atoms with van der Waals surface area (Å²) in [6.07, 6.45) is 5.40. The fourth-order valence-corrected chi connectivity index (χ4v) is 5.26. The van der Waals surface area contributed by atoms with Crippen molar-refractivity contribution in [3.05, 3.63) is 47.0 Å². The number of halogens is 1. The highest BCUT2D eigenvalue weighted by Crippen LogP contribution is 2.35. The number of carbonyl (C=O) groups is 1. The lowest BCUT2D eigenvalue weighted by Gasteiger charge is -2.27. The van der Waals surface area contributed by atoms with Gasteiger partial charge in [0.05, 0.1) is 10.8 Å². The van der Waals surface area contributed by atoms with Crippen LogP contribution in [0.1, 0.15) is 60.9 Å². The summed E-state index contributed by atoms with van der Waals surface area (Å²) in [5.41, 5.74) is 1.53. The Morgan fingerprint density at radius 2 is 1.86 bits per heavy atom. The largest absolute Gasteiger partial charge is 0.442 e. The van der Waals surface area contributed by atoms with E-state index in [4.69, 9.17) is 20.4 Å². The van der Waals surface area contributed by atoms with E-state index in [-0.39, 0.29) is 28.9 Å². The highest BCUT2D eigenvalue weighted by molar-refractivity contribution is 7.85. The molecule has 2 heterocycles. The maximum Gasteiger partial charge on any atom is 0.287 e. The molecule has 152 valence electrons. The molecule has 0 saturated heterocycles. The summed E-state index contributed by atoms with van der Waals surface area (Å²) in [5, 5.41) is 4.27. The molecule has 1 N–H and O–H groups in total. The second-order valence-electron chi connectivity index (χ2n) is 7.80. The van der Waals surface area contributed by atoms with Crippen LogP contribution in [0, 0.1) is 0 Å². The SMILES string of the molecule is O=C(NC1CCC(c2nc3cc(Cl)ccc3o2)CC1)c1ccc(S(=O)C2CC2)o1. The molecule has 1 unspecified atom stereocenters. The van der Waals surface area contributed by atoms with Crippen molar-refractivity contribution in [3.63, 3.8) is 0 Å². The van der Waals surface area contributed by atoms with Crippen LogP contribution in [-0.4, -0.2) is 26.4 Å². The van der Waals surface area contributed by atoms with Gasteiger partial charge in [-0.3, -0.25) is 9.00 Å². The first kappa shape index (κ1) is 18.9. The number of carbonyl (C=O) groups excluding carboxylic acids is 1. The molecule has 1 atom stereocenters. The van der Waals surface area contributed by atoms with E-state index < -0.39 is 10.8 Å². The second-order valence-corrected chi connectivity index (χ2v) is 9.90. The van der Waals surface area contributed by atoms with Crippen LogP contribution < -0.4 is 5.32 Å². The molecule has 0 aliphatic heterocycles. The molecule has 5 rings (SSSR count). The van der Waals surface area contributed by atoms with Crippen LogP contribution in [0.5, 0.6) is 0 Å². The zero-order valence-electron chi connectivity index (χ0n) is 15.7. The Hall–Kier alpha value is -2.12. The Bertz CT molecular complexity index is 1080. The fraction of sp³-hybridized carbons (Fsp3) is 0.429. The minimum atomic E-state index is -1.13. The van der Waals surface area contributed by atoms with Crippen molar-refractivity contribution in [2.24, 2.45) is 0 Å². The Kier molecular flexibility index (Phi) is 4.95. The predicted molar refractivity (Wildman–Crippen MR) is 110 cm³/mol. The van der Waals surface area contributed by atoms with Gasteiger partial charge in [-0.1, -0.05) is 11.6 Å². The molecule has 2 saturated carbocycles. The van der Waals surface area contributed by atoms with Crippen LogP contribution in [0.25, 0.3) is 11.1 Å². The number of fused-ring (bicyclic) bond motifs is 1. The van der Waals surface area contributed by atoms with Crippen molar-refractivity contribution in [2.75, 3.05) is 0 Å². The lowest BCUT2D eigenvalue weighted by Crippen LogP contribution is -2.37. The van der Waals surface area contributed by atoms with E-state index in [0.717, 1.165) is 55.5 Å². The third kappa shape index (κ3) is 3.98. The number of aromatic nitrogens is 1. The van der Waals surface area contributed by atoms with E-state index >= 15 is 0 Å². The first-order valence-corrected chi connectivity index (χ1v) is 11.5. The number of nitrogens with one attached hydrogen (secondary N) is 1. The highest BCUT2D eigenvalue weighted by Gasteiger charge is 2.32. The average molecular weight is 433 g/mol. The van der Waals surface area contributed by atoms with Crippen LogP contribution in [0.15, 0.2) is 44.3 Å². The van der Waals surface area contributed by atoms with Gasteiger partial charge >= 0.3 is 0 Å². The summed E-state index contributed by atoms with van der Waals surface area (Å²) in [4.78, 5) is 17.1. The molecule has 0 bridgehead atoms. The molecule has 2 aliphatic rings. The van der Waals surface area contributed by atoms with E-state index in [2.05, 4.69) is 10.3 Å². The third-order valence-electron chi connectivity index (χ3n) is 5.61. The maximum absolute atomic E-state index is 12.5. The minimum absolute atomic E-state index is 0.0834. The van der Waals surface area contributed by atoms with Gasteiger partial charge in [0, 0.05) is 22.2 Å². The van der Waals surface area contributed by atoms with Crippen molar-refractivity contribution < 1.29 is 17.8 Å². The number of hydrogen-bond donors (Lipinski definition) is 1. The van der Waals surface area contributed by atoms with Gasteiger partial charge in [-0.05, 0) is 68.9 Å². The van der Waals surface area contributed by atoms with Crippen LogP contribution in [0.2, 0.25) is 5.02 Å². The van der Waals surface area contributed by atoms with Crippen molar-refractivity contribution in [2.45, 2.75) is 60.8 Å². The number of hydrogen-bond acceptors (Lipinski definition) is 5. The van der Waals surface area contributed by atoms with E-state index in [0.29, 0.717) is 10.1 Å². The van der Waals surface area contributed by atoms with Crippen molar-refractivity contribution >= 4 is 39.4 Å². The molecule has 1 aromatic carbocycles. The molecule has 29 heavy (non-hydrogen) atoms. The topological polar surface area (TPSA) is 85.3 Å². The second kappa shape index (κ2) is 7.61. The molecular formula is C21H21ClN2O4S. The molecule has 2 fully saturated rings. The standard InChI is InChI=1S/C21H21ClN2O4S/c22-13-3-8-17-16(11-13)24-21(28-17)12-1-4-14(5-2-12)23-20(25)18-9-10-19(27-18)29(26)15-6-7-15/h3,8-12,14-15H,1-2,4-7H2,(H,23,25). The molecule has 1 amide bonds. The molecular weight excluding hydrogens is 412 g/mol. The van der Waals surface area contributed by atoms with Gasteiger partial charge in [-0.25, -0.2) is 4.98 Å². The number of nitrogens with zero attached hydrogens (tertiary/aromatic N) is 1. The lowest BCUT2D eigenvalue weighted by atomic mass is 9.86. The summed E-state index contributed by atoms with van der Waals surface area (Å²) in [6, 6.07) is 8.79. The molecule has 0 spiro atoms. The number of benzene rings is 1. The quantitative estimate of drug-likeness (QED) is 0.625. The Balaban J connectivity index is 1.18. The Labute approximate surface area is 175 Å². The lowest BCUT2D eigenvalue weighted by molar-refractivity contribution is 0.0891. The predicted octanol–water partition coefficient (Wildman–Crippen LogP) is 4.80. The highest BCUT2D eigenvalue weighted by atomic mass is 35.5. The fourth-order valence-electron chi connectivity index (χ4n) is 3.83. The normalized spacial score (nSPS) is 23.2. The zero-order valence-corrected chi connectivity index (χ0v) is 17.3. The van der Waals surface area contributed by atoms with E-state index in [9.17, 15) is 9.00 Å². The molecule has 0 radical (unpaired) electrons. The van der Waals surface area contributed by atoms with Crippen molar-refractivity contribution in [1.29, 1.82) is 0 Å². The third-order valence-corrected chi connectivity index (χ3v) is 7.54. The number of furan rings is 1. The summed E-state index contributed by atoms with van der Waals surface area (Å²) >= 11 is 6.02. The summed E-state index contributed by atoms with van der Waals surface area (Å²) in [6.45, 7) is 0. The van der Waals surface area contributed by atoms with Gasteiger partial charge in [0.15, 0.2) is 22.3 Å². The summed E-state index contributed by atoms with van der Waals surface area (Å²) in [5.74, 6) is 0.965. The Morgan fingerprint density at radius 1 is 1.07 bits per heavy atom. The van der Waals surface area contributed by atoms with Crippen LogP contribution in [0.3, 0.4) is 0 Å². The van der Waals surface area contributed by atoms with Crippen molar-refractivity contribution in [3.8, 4) is 0 Å². The number of amides is 1. The maximum atomic E-state index is 12.5. The minimum Gasteiger partial charge on any atom is -0.442 e. The number of rotatable bonds is 5. The molecule has 2 aliphatic carbocycles. The van der Waals surface area contributed by atoms with Gasteiger partial charge in [0.25, 0.3) is 5.91 Å². The summed E-state index contributed by atoms with van der Waals surface area (Å²) < 4.78 is 23.6. The van der Waals surface area contributed by atoms with Gasteiger partial charge in [-0.2, -0.15) is 0 Å². The van der Waals surface area contributed by atoms with Gasteiger partial charge in [-0.15, -0.1) is 0 Å². The van der Waals surface area contributed by atoms with Crippen LogP contribution in [0.4, 0.5) is 0 Å². The van der Waals surface area contributed by atoms with Crippen LogP contribution in [-0.2, 0) is 10.8 Å². The van der Waals surface area contributed by atoms with E-state index in [1.807, 2.05) is 12.1 Å². The molecule has 6 nitrogen and oxygen atoms in total. The van der Waals surface area contributed by atoms with Crippen LogP contribution >= 0.6 is 11.6 Å². The Morgan fingerprint density at radius 3 is 2.62 bits per heavy atom. The van der Waals surface area contributed by atoms with E-state index in [1.54, 1.807) is 18.2 Å². The zero-order chi connectivity index (χ0) is 20.0. The smallest absolute Gasteiger partial charge is 0.287 e. The van der Waals surface area contributed by atoms with Gasteiger partial charge in [0.1, 0.15) is 5.52 Å². The average Bonchev–Trinajstić information content (AvgIpc) is 3.29. The summed E-state index contributed by atoms with van der Waals surface area (Å²) in [7, 11) is -1.13.